The molecule has 1 aliphatic heterocycles. The molecule has 0 spiro atoms. The highest BCUT2D eigenvalue weighted by atomic mass is 16.6. The van der Waals surface area contributed by atoms with Crippen molar-refractivity contribution in [2.45, 2.75) is 18.9 Å². The lowest BCUT2D eigenvalue weighted by molar-refractivity contribution is -0.383. The molecule has 168 valence electrons. The molecule has 0 saturated carbocycles. The van der Waals surface area contributed by atoms with Crippen molar-refractivity contribution in [1.82, 2.24) is 29.6 Å². The lowest BCUT2D eigenvalue weighted by Crippen LogP contribution is -2.31. The van der Waals surface area contributed by atoms with Crippen molar-refractivity contribution in [3.63, 3.8) is 0 Å². The minimum atomic E-state index is -0.493. The van der Waals surface area contributed by atoms with Crippen molar-refractivity contribution in [2.24, 2.45) is 0 Å². The molecule has 4 heterocycles. The first kappa shape index (κ1) is 20.8. The van der Waals surface area contributed by atoms with E-state index in [0.29, 0.717) is 11.3 Å². The predicted molar refractivity (Wildman–Crippen MR) is 125 cm³/mol. The summed E-state index contributed by atoms with van der Waals surface area (Å²) in [7, 11) is 2.10. The van der Waals surface area contributed by atoms with Gasteiger partial charge in [0.05, 0.1) is 22.7 Å². The van der Waals surface area contributed by atoms with Crippen LogP contribution in [0.4, 0.5) is 23.1 Å². The molecule has 3 N–H and O–H groups in total. The van der Waals surface area contributed by atoms with Crippen LogP contribution in [0.25, 0.3) is 22.2 Å². The molecule has 0 amide bonds. The predicted octanol–water partition coefficient (Wildman–Crippen LogP) is 3.39. The number of piperidine rings is 1. The second-order valence-corrected chi connectivity index (χ2v) is 8.16. The fourth-order valence-corrected chi connectivity index (χ4v) is 4.14. The Balaban J connectivity index is 1.51. The topological polar surface area (TPSA) is 141 Å². The molecule has 11 nitrogen and oxygen atoms in total. The normalized spacial score (nSPS) is 15.1. The molecule has 3 aromatic heterocycles. The summed E-state index contributed by atoms with van der Waals surface area (Å²) in [4.78, 5) is 26.5. The van der Waals surface area contributed by atoms with Crippen LogP contribution < -0.4 is 11.1 Å². The van der Waals surface area contributed by atoms with Crippen molar-refractivity contribution >= 4 is 34.0 Å². The number of hydrogen-bond donors (Lipinski definition) is 2. The van der Waals surface area contributed by atoms with E-state index in [1.807, 2.05) is 28.9 Å². The number of nitrogens with two attached hydrogens (primary N) is 1. The van der Waals surface area contributed by atoms with E-state index in [1.165, 1.54) is 0 Å². The Hall–Kier alpha value is -4.12. The van der Waals surface area contributed by atoms with Crippen LogP contribution in [-0.4, -0.2) is 54.7 Å². The van der Waals surface area contributed by atoms with Gasteiger partial charge in [-0.2, -0.15) is 10.1 Å². The third-order valence-corrected chi connectivity index (χ3v) is 5.89. The monoisotopic (exact) mass is 445 g/mol. The van der Waals surface area contributed by atoms with Gasteiger partial charge < -0.3 is 16.0 Å². The van der Waals surface area contributed by atoms with Gasteiger partial charge in [-0.3, -0.25) is 19.8 Å². The number of rotatable bonds is 5. The Labute approximate surface area is 189 Å². The first-order chi connectivity index (χ1) is 16.0. The number of benzene rings is 1. The number of likely N-dealkylation sites (tertiary alicyclic amines) is 1. The number of hydrogen-bond acceptors (Lipinski definition) is 9. The molecule has 33 heavy (non-hydrogen) atoms. The molecule has 0 aliphatic carbocycles. The highest BCUT2D eigenvalue weighted by Crippen LogP contribution is 2.36. The van der Waals surface area contributed by atoms with Crippen LogP contribution in [0.3, 0.4) is 0 Å². The largest absolute Gasteiger partial charge is 0.368 e. The van der Waals surface area contributed by atoms with Gasteiger partial charge in [-0.15, -0.1) is 0 Å². The summed E-state index contributed by atoms with van der Waals surface area (Å²) in [6.07, 6.45) is 7.04. The van der Waals surface area contributed by atoms with Crippen molar-refractivity contribution in [3.8, 4) is 11.3 Å². The minimum Gasteiger partial charge on any atom is -0.368 e. The SMILES string of the molecule is CN1CCC(n2cc(-c3nc(N)nc(Nc4ccc5ncccc5c4)c3[N+](=O)[O-])cn2)CC1. The van der Waals surface area contributed by atoms with E-state index in [2.05, 4.69) is 37.3 Å². The summed E-state index contributed by atoms with van der Waals surface area (Å²) in [5.74, 6) is -0.0367. The highest BCUT2D eigenvalue weighted by molar-refractivity contribution is 5.85. The molecule has 0 unspecified atom stereocenters. The number of anilines is 3. The fourth-order valence-electron chi connectivity index (χ4n) is 4.14. The van der Waals surface area contributed by atoms with E-state index in [0.717, 1.165) is 36.8 Å². The number of nitrogens with one attached hydrogen (secondary N) is 1. The van der Waals surface area contributed by atoms with Crippen LogP contribution in [0.5, 0.6) is 0 Å². The maximum Gasteiger partial charge on any atom is 0.338 e. The Morgan fingerprint density at radius 1 is 1.21 bits per heavy atom. The van der Waals surface area contributed by atoms with Gasteiger partial charge in [0, 0.05) is 29.0 Å². The number of aromatic nitrogens is 5. The van der Waals surface area contributed by atoms with Gasteiger partial charge in [0.1, 0.15) is 0 Å². The van der Waals surface area contributed by atoms with E-state index in [4.69, 9.17) is 5.73 Å². The van der Waals surface area contributed by atoms with Gasteiger partial charge in [0.2, 0.25) is 11.8 Å². The zero-order chi connectivity index (χ0) is 22.9. The first-order valence-electron chi connectivity index (χ1n) is 10.6. The quantitative estimate of drug-likeness (QED) is 0.349. The number of fused-ring (bicyclic) bond motifs is 1. The Bertz CT molecular complexity index is 1330. The Kier molecular flexibility index (Phi) is 5.31. The Morgan fingerprint density at radius 3 is 2.82 bits per heavy atom. The average Bonchev–Trinajstić information content (AvgIpc) is 3.29. The van der Waals surface area contributed by atoms with Gasteiger partial charge >= 0.3 is 5.69 Å². The lowest BCUT2D eigenvalue weighted by atomic mass is 10.1. The van der Waals surface area contributed by atoms with Crippen LogP contribution in [0.2, 0.25) is 0 Å². The van der Waals surface area contributed by atoms with Gasteiger partial charge in [-0.05, 0) is 57.2 Å². The van der Waals surface area contributed by atoms with E-state index >= 15 is 0 Å². The summed E-state index contributed by atoms with van der Waals surface area (Å²) in [6, 6.07) is 9.46. The third kappa shape index (κ3) is 4.17. The summed E-state index contributed by atoms with van der Waals surface area (Å²) in [5, 5.41) is 20.5. The number of nitrogen functional groups attached to an aromatic ring is 1. The van der Waals surface area contributed by atoms with Gasteiger partial charge in [0.25, 0.3) is 0 Å². The van der Waals surface area contributed by atoms with Crippen molar-refractivity contribution in [1.29, 1.82) is 0 Å². The zero-order valence-electron chi connectivity index (χ0n) is 18.0. The van der Waals surface area contributed by atoms with Crippen molar-refractivity contribution in [2.75, 3.05) is 31.2 Å². The van der Waals surface area contributed by atoms with E-state index in [1.54, 1.807) is 24.7 Å². The molecule has 0 radical (unpaired) electrons. The van der Waals surface area contributed by atoms with Crippen LogP contribution in [0.1, 0.15) is 18.9 Å². The van der Waals surface area contributed by atoms with Crippen LogP contribution >= 0.6 is 0 Å². The average molecular weight is 445 g/mol. The lowest BCUT2D eigenvalue weighted by Gasteiger charge is -2.28. The van der Waals surface area contributed by atoms with Crippen molar-refractivity contribution < 1.29 is 4.92 Å². The first-order valence-corrected chi connectivity index (χ1v) is 10.6. The summed E-state index contributed by atoms with van der Waals surface area (Å²) in [5.41, 5.74) is 7.81. The summed E-state index contributed by atoms with van der Waals surface area (Å²) in [6.45, 7) is 1.96. The molecule has 1 fully saturated rings. The van der Waals surface area contributed by atoms with Crippen molar-refractivity contribution in [3.05, 3.63) is 59.0 Å². The molecule has 0 atom stereocenters. The molecule has 4 aromatic rings. The molecule has 5 rings (SSSR count). The molecule has 11 heteroatoms. The van der Waals surface area contributed by atoms with Gasteiger partial charge in [-0.25, -0.2) is 4.98 Å². The minimum absolute atomic E-state index is 0.0257. The summed E-state index contributed by atoms with van der Waals surface area (Å²) >= 11 is 0. The molecular formula is C22H23N9O2. The van der Waals surface area contributed by atoms with Crippen LogP contribution in [0, 0.1) is 10.1 Å². The number of pyridine rings is 1. The molecule has 1 aromatic carbocycles. The smallest absolute Gasteiger partial charge is 0.338 e. The van der Waals surface area contributed by atoms with E-state index in [-0.39, 0.29) is 29.2 Å². The maximum atomic E-state index is 12.1. The van der Waals surface area contributed by atoms with Crippen LogP contribution in [0.15, 0.2) is 48.9 Å². The molecular weight excluding hydrogens is 422 g/mol. The number of nitro groups is 1. The van der Waals surface area contributed by atoms with E-state index in [9.17, 15) is 10.1 Å². The molecule has 1 aliphatic rings. The highest BCUT2D eigenvalue weighted by Gasteiger charge is 2.28. The van der Waals surface area contributed by atoms with Gasteiger partial charge in [-0.1, -0.05) is 6.07 Å². The number of nitrogens with zero attached hydrogens (tertiary/aromatic N) is 7. The molecule has 0 bridgehead atoms. The molecule has 1 saturated heterocycles. The van der Waals surface area contributed by atoms with Gasteiger partial charge in [0.15, 0.2) is 5.69 Å². The standard InChI is InChI=1S/C22H23N9O2/c1-29-9-6-17(7-10-29)30-13-15(12-25-30)19-20(31(32)33)21(28-22(23)27-19)26-16-4-5-18-14(11-16)3-2-8-24-18/h2-5,8,11-13,17H,6-7,9-10H2,1H3,(H3,23,26,27,28). The second kappa shape index (κ2) is 8.43. The van der Waals surface area contributed by atoms with Crippen LogP contribution in [-0.2, 0) is 0 Å². The maximum absolute atomic E-state index is 12.1. The Morgan fingerprint density at radius 2 is 2.03 bits per heavy atom. The summed E-state index contributed by atoms with van der Waals surface area (Å²) < 4.78 is 1.87. The third-order valence-electron chi connectivity index (χ3n) is 5.89. The van der Waals surface area contributed by atoms with E-state index < -0.39 is 4.92 Å². The fraction of sp³-hybridized carbons (Fsp3) is 0.273. The second-order valence-electron chi connectivity index (χ2n) is 8.16. The zero-order valence-corrected chi connectivity index (χ0v) is 18.0.